The fraction of sp³-hybridized carbons (Fsp3) is 0.455. The summed E-state index contributed by atoms with van der Waals surface area (Å²) in [6.07, 6.45) is 1.25. The van der Waals surface area contributed by atoms with Crippen molar-refractivity contribution in [2.45, 2.75) is 4.90 Å². The van der Waals surface area contributed by atoms with Gasteiger partial charge in [-0.25, -0.2) is 8.42 Å². The van der Waals surface area contributed by atoms with E-state index < -0.39 is 9.84 Å². The summed E-state index contributed by atoms with van der Waals surface area (Å²) in [6, 6.07) is 7.68. The maximum Gasteiger partial charge on any atom is 0.148 e. The van der Waals surface area contributed by atoms with Crippen LogP contribution in [0.5, 0.6) is 0 Å². The molecule has 0 fully saturated rings. The molecule has 0 atom stereocenters. The Bertz CT molecular complexity index is 431. The van der Waals surface area contributed by atoms with Gasteiger partial charge in [-0.2, -0.15) is 0 Å². The highest BCUT2D eigenvalue weighted by atomic mass is 35.5. The van der Waals surface area contributed by atoms with E-state index in [0.29, 0.717) is 6.54 Å². The number of sulfone groups is 1. The Balaban J connectivity index is 2.10. The van der Waals surface area contributed by atoms with Crippen LogP contribution in [0.25, 0.3) is 0 Å². The standard InChI is InChI=1S/C11H16ClNO2S2/c1-17(14,15)9-7-13-6-8-16-11-4-2-10(12)3-5-11/h2-5,13H,6-9H2,1H3. The molecule has 0 saturated carbocycles. The van der Waals surface area contributed by atoms with Crippen molar-refractivity contribution in [2.75, 3.05) is 30.9 Å². The van der Waals surface area contributed by atoms with E-state index >= 15 is 0 Å². The van der Waals surface area contributed by atoms with Crippen LogP contribution in [0.1, 0.15) is 0 Å². The third kappa shape index (κ3) is 7.65. The fourth-order valence-corrected chi connectivity index (χ4v) is 2.61. The van der Waals surface area contributed by atoms with Crippen LogP contribution >= 0.6 is 23.4 Å². The van der Waals surface area contributed by atoms with Crippen LogP contribution in [-0.2, 0) is 9.84 Å². The minimum absolute atomic E-state index is 0.193. The molecule has 0 unspecified atom stereocenters. The average molecular weight is 294 g/mol. The SMILES string of the molecule is CS(=O)(=O)CCNCCSc1ccc(Cl)cc1. The molecule has 1 N–H and O–H groups in total. The third-order valence-electron chi connectivity index (χ3n) is 2.01. The fourth-order valence-electron chi connectivity index (χ4n) is 1.15. The summed E-state index contributed by atoms with van der Waals surface area (Å²) in [5.74, 6) is 1.10. The molecule has 0 aliphatic carbocycles. The summed E-state index contributed by atoms with van der Waals surface area (Å²) < 4.78 is 21.7. The average Bonchev–Trinajstić information content (AvgIpc) is 2.24. The minimum Gasteiger partial charge on any atom is -0.315 e. The van der Waals surface area contributed by atoms with Gasteiger partial charge in [-0.1, -0.05) is 11.6 Å². The van der Waals surface area contributed by atoms with E-state index in [1.165, 1.54) is 11.2 Å². The Kier molecular flexibility index (Phi) is 6.33. The topological polar surface area (TPSA) is 46.2 Å². The Hall–Kier alpha value is -0.230. The van der Waals surface area contributed by atoms with E-state index in [1.54, 1.807) is 11.8 Å². The number of hydrogen-bond acceptors (Lipinski definition) is 4. The zero-order chi connectivity index (χ0) is 12.7. The molecular formula is C11H16ClNO2S2. The number of nitrogens with one attached hydrogen (secondary N) is 1. The molecule has 0 aliphatic heterocycles. The molecule has 0 radical (unpaired) electrons. The molecule has 0 amide bonds. The third-order valence-corrected chi connectivity index (χ3v) is 4.22. The van der Waals surface area contributed by atoms with Crippen molar-refractivity contribution in [1.82, 2.24) is 5.32 Å². The Morgan fingerprint density at radius 3 is 2.47 bits per heavy atom. The quantitative estimate of drug-likeness (QED) is 0.617. The van der Waals surface area contributed by atoms with Crippen molar-refractivity contribution in [3.8, 4) is 0 Å². The summed E-state index contributed by atoms with van der Waals surface area (Å²) in [5, 5.41) is 3.83. The predicted molar refractivity (Wildman–Crippen MR) is 74.8 cm³/mol. The maximum absolute atomic E-state index is 10.9. The highest BCUT2D eigenvalue weighted by molar-refractivity contribution is 7.99. The lowest BCUT2D eigenvalue weighted by Crippen LogP contribution is -2.24. The summed E-state index contributed by atoms with van der Waals surface area (Å²) in [7, 11) is -2.85. The van der Waals surface area contributed by atoms with Crippen molar-refractivity contribution in [3.05, 3.63) is 29.3 Å². The van der Waals surface area contributed by atoms with Gasteiger partial charge in [-0.05, 0) is 24.3 Å². The van der Waals surface area contributed by atoms with Gasteiger partial charge >= 0.3 is 0 Å². The second-order valence-electron chi connectivity index (χ2n) is 3.68. The second-order valence-corrected chi connectivity index (χ2v) is 7.55. The first kappa shape index (κ1) is 14.8. The first-order valence-corrected chi connectivity index (χ1v) is 8.66. The lowest BCUT2D eigenvalue weighted by Gasteiger charge is -2.04. The Labute approximate surface area is 112 Å². The highest BCUT2D eigenvalue weighted by Crippen LogP contribution is 2.19. The molecule has 0 spiro atoms. The van der Waals surface area contributed by atoms with Crippen LogP contribution < -0.4 is 5.32 Å². The largest absolute Gasteiger partial charge is 0.315 e. The molecule has 0 aliphatic rings. The molecule has 0 bridgehead atoms. The monoisotopic (exact) mass is 293 g/mol. The van der Waals surface area contributed by atoms with Gasteiger partial charge < -0.3 is 5.32 Å². The summed E-state index contributed by atoms with van der Waals surface area (Å²) in [6.45, 7) is 1.31. The lowest BCUT2D eigenvalue weighted by atomic mass is 10.4. The van der Waals surface area contributed by atoms with Crippen molar-refractivity contribution in [1.29, 1.82) is 0 Å². The van der Waals surface area contributed by atoms with Crippen LogP contribution in [0.15, 0.2) is 29.2 Å². The van der Waals surface area contributed by atoms with E-state index in [1.807, 2.05) is 24.3 Å². The van der Waals surface area contributed by atoms with Crippen LogP contribution in [0.3, 0.4) is 0 Å². The van der Waals surface area contributed by atoms with Crippen molar-refractivity contribution in [3.63, 3.8) is 0 Å². The van der Waals surface area contributed by atoms with Crippen molar-refractivity contribution >= 4 is 33.2 Å². The molecule has 17 heavy (non-hydrogen) atoms. The van der Waals surface area contributed by atoms with Gasteiger partial charge in [-0.15, -0.1) is 11.8 Å². The van der Waals surface area contributed by atoms with E-state index in [-0.39, 0.29) is 5.75 Å². The summed E-state index contributed by atoms with van der Waals surface area (Å²) in [5.41, 5.74) is 0. The number of rotatable bonds is 7. The summed E-state index contributed by atoms with van der Waals surface area (Å²) in [4.78, 5) is 1.17. The number of benzene rings is 1. The second kappa shape index (κ2) is 7.26. The zero-order valence-corrected chi connectivity index (χ0v) is 12.0. The lowest BCUT2D eigenvalue weighted by molar-refractivity contribution is 0.598. The van der Waals surface area contributed by atoms with Gasteiger partial charge in [0.1, 0.15) is 9.84 Å². The number of hydrogen-bond donors (Lipinski definition) is 1. The first-order chi connectivity index (χ1) is 7.97. The molecule has 1 rings (SSSR count). The number of thioether (sulfide) groups is 1. The summed E-state index contributed by atoms with van der Waals surface area (Å²) >= 11 is 7.49. The minimum atomic E-state index is -2.85. The molecule has 6 heteroatoms. The van der Waals surface area contributed by atoms with Gasteiger partial charge in [0, 0.05) is 35.0 Å². The van der Waals surface area contributed by atoms with E-state index in [9.17, 15) is 8.42 Å². The van der Waals surface area contributed by atoms with E-state index in [0.717, 1.165) is 17.3 Å². The van der Waals surface area contributed by atoms with Gasteiger partial charge in [0.15, 0.2) is 0 Å². The molecule has 0 aromatic heterocycles. The van der Waals surface area contributed by atoms with Crippen LogP contribution in [0.2, 0.25) is 5.02 Å². The van der Waals surface area contributed by atoms with Crippen LogP contribution in [0.4, 0.5) is 0 Å². The van der Waals surface area contributed by atoms with Gasteiger partial charge in [0.2, 0.25) is 0 Å². The van der Waals surface area contributed by atoms with Gasteiger partial charge in [-0.3, -0.25) is 0 Å². The molecule has 0 saturated heterocycles. The van der Waals surface area contributed by atoms with Crippen molar-refractivity contribution in [2.24, 2.45) is 0 Å². The Morgan fingerprint density at radius 1 is 1.24 bits per heavy atom. The zero-order valence-electron chi connectivity index (χ0n) is 9.65. The van der Waals surface area contributed by atoms with E-state index in [4.69, 9.17) is 11.6 Å². The van der Waals surface area contributed by atoms with E-state index in [2.05, 4.69) is 5.32 Å². The number of halogens is 1. The normalized spacial score (nSPS) is 11.6. The smallest absolute Gasteiger partial charge is 0.148 e. The van der Waals surface area contributed by atoms with Crippen molar-refractivity contribution < 1.29 is 8.42 Å². The molecule has 96 valence electrons. The molecule has 1 aromatic carbocycles. The molecule has 0 heterocycles. The molecule has 1 aromatic rings. The maximum atomic E-state index is 10.9. The molecular weight excluding hydrogens is 278 g/mol. The van der Waals surface area contributed by atoms with Gasteiger partial charge in [0.05, 0.1) is 5.75 Å². The molecule has 3 nitrogen and oxygen atoms in total. The van der Waals surface area contributed by atoms with Crippen LogP contribution in [-0.4, -0.2) is 39.3 Å². The van der Waals surface area contributed by atoms with Crippen LogP contribution in [0, 0.1) is 0 Å². The van der Waals surface area contributed by atoms with Gasteiger partial charge in [0.25, 0.3) is 0 Å². The highest BCUT2D eigenvalue weighted by Gasteiger charge is 2.00. The first-order valence-electron chi connectivity index (χ1n) is 5.24. The Morgan fingerprint density at radius 2 is 1.88 bits per heavy atom. The predicted octanol–water partition coefficient (Wildman–Crippen LogP) is 2.07.